The van der Waals surface area contributed by atoms with Crippen LogP contribution in [0.4, 0.5) is 11.4 Å². The number of amides is 2. The molecule has 2 aromatic carbocycles. The number of hydrogen-bond donors (Lipinski definition) is 2. The molecule has 0 fully saturated rings. The first-order valence-corrected chi connectivity index (χ1v) is 8.45. The third kappa shape index (κ3) is 4.23. The normalized spacial score (nSPS) is 11.0. The third-order valence-electron chi connectivity index (χ3n) is 3.85. The van der Waals surface area contributed by atoms with E-state index in [1.165, 1.54) is 0 Å². The molecule has 4 nitrogen and oxygen atoms in total. The minimum absolute atomic E-state index is 0.347. The second kappa shape index (κ2) is 7.18. The van der Waals surface area contributed by atoms with E-state index in [4.69, 9.17) is 0 Å². The Morgan fingerprint density at radius 3 is 2.25 bits per heavy atom. The molecule has 0 radical (unpaired) electrons. The van der Waals surface area contributed by atoms with Gasteiger partial charge in [0.15, 0.2) is 0 Å². The van der Waals surface area contributed by atoms with Crippen LogP contribution in [0.3, 0.4) is 0 Å². The lowest BCUT2D eigenvalue weighted by Gasteiger charge is -2.23. The number of benzene rings is 2. The average Bonchev–Trinajstić information content (AvgIpc) is 2.49. The molecule has 2 amide bonds. The lowest BCUT2D eigenvalue weighted by Crippen LogP contribution is -2.41. The second-order valence-corrected chi connectivity index (χ2v) is 7.28. The SMILES string of the molecule is Cc1cccc(NC(=O)C(C)(C)C(=O)Nc2ccc(Br)cc2C)c1. The first-order chi connectivity index (χ1) is 11.2. The Balaban J connectivity index is 2.12. The van der Waals surface area contributed by atoms with E-state index >= 15 is 0 Å². The van der Waals surface area contributed by atoms with Crippen LogP contribution in [0, 0.1) is 19.3 Å². The van der Waals surface area contributed by atoms with Crippen molar-refractivity contribution in [1.82, 2.24) is 0 Å². The summed E-state index contributed by atoms with van der Waals surface area (Å²) < 4.78 is 0.939. The van der Waals surface area contributed by atoms with Crippen molar-refractivity contribution >= 4 is 39.1 Å². The van der Waals surface area contributed by atoms with Gasteiger partial charge in [-0.15, -0.1) is 0 Å². The van der Waals surface area contributed by atoms with Gasteiger partial charge in [-0.25, -0.2) is 0 Å². The number of anilines is 2. The van der Waals surface area contributed by atoms with Gasteiger partial charge in [0.2, 0.25) is 11.8 Å². The van der Waals surface area contributed by atoms with Crippen molar-refractivity contribution in [2.75, 3.05) is 10.6 Å². The van der Waals surface area contributed by atoms with E-state index in [-0.39, 0.29) is 11.8 Å². The smallest absolute Gasteiger partial charge is 0.239 e. The summed E-state index contributed by atoms with van der Waals surface area (Å²) >= 11 is 3.39. The predicted molar refractivity (Wildman–Crippen MR) is 101 cm³/mol. The van der Waals surface area contributed by atoms with E-state index in [0.29, 0.717) is 11.4 Å². The molecule has 0 saturated carbocycles. The number of hydrogen-bond acceptors (Lipinski definition) is 2. The van der Waals surface area contributed by atoms with Gasteiger partial charge in [0.05, 0.1) is 0 Å². The predicted octanol–water partition coefficient (Wildman–Crippen LogP) is 4.67. The number of carbonyl (C=O) groups is 2. The summed E-state index contributed by atoms with van der Waals surface area (Å²) in [6, 6.07) is 13.1. The van der Waals surface area contributed by atoms with Crippen molar-refractivity contribution in [2.45, 2.75) is 27.7 Å². The Labute approximate surface area is 150 Å². The largest absolute Gasteiger partial charge is 0.325 e. The molecule has 0 unspecified atom stereocenters. The Hall–Kier alpha value is -2.14. The van der Waals surface area contributed by atoms with E-state index < -0.39 is 5.41 Å². The summed E-state index contributed by atoms with van der Waals surface area (Å²) in [6.45, 7) is 7.08. The molecule has 0 bridgehead atoms. The molecule has 0 saturated heterocycles. The second-order valence-electron chi connectivity index (χ2n) is 6.36. The molecule has 2 rings (SSSR count). The van der Waals surface area contributed by atoms with Crippen molar-refractivity contribution in [1.29, 1.82) is 0 Å². The van der Waals surface area contributed by atoms with E-state index in [1.807, 2.05) is 50.2 Å². The van der Waals surface area contributed by atoms with Gasteiger partial charge in [-0.1, -0.05) is 28.1 Å². The molecular formula is C19H21BrN2O2. The molecular weight excluding hydrogens is 368 g/mol. The van der Waals surface area contributed by atoms with Crippen LogP contribution < -0.4 is 10.6 Å². The molecule has 126 valence electrons. The highest BCUT2D eigenvalue weighted by atomic mass is 79.9. The third-order valence-corrected chi connectivity index (χ3v) is 4.34. The topological polar surface area (TPSA) is 58.2 Å². The van der Waals surface area contributed by atoms with Gasteiger partial charge in [-0.3, -0.25) is 9.59 Å². The van der Waals surface area contributed by atoms with E-state index in [1.54, 1.807) is 19.9 Å². The highest BCUT2D eigenvalue weighted by Gasteiger charge is 2.36. The van der Waals surface area contributed by atoms with Crippen molar-refractivity contribution in [3.63, 3.8) is 0 Å². The Kier molecular flexibility index (Phi) is 5.44. The Bertz CT molecular complexity index is 785. The molecule has 0 aromatic heterocycles. The number of carbonyl (C=O) groups excluding carboxylic acids is 2. The van der Waals surface area contributed by atoms with Crippen LogP contribution in [-0.4, -0.2) is 11.8 Å². The summed E-state index contributed by atoms with van der Waals surface area (Å²) in [5.41, 5.74) is 2.14. The fraction of sp³-hybridized carbons (Fsp3) is 0.263. The monoisotopic (exact) mass is 388 g/mol. The van der Waals surface area contributed by atoms with Crippen molar-refractivity contribution in [3.05, 3.63) is 58.1 Å². The summed E-state index contributed by atoms with van der Waals surface area (Å²) in [4.78, 5) is 25.1. The van der Waals surface area contributed by atoms with E-state index in [9.17, 15) is 9.59 Å². The lowest BCUT2D eigenvalue weighted by atomic mass is 9.90. The fourth-order valence-electron chi connectivity index (χ4n) is 2.16. The molecule has 0 aliphatic carbocycles. The first kappa shape index (κ1) is 18.2. The van der Waals surface area contributed by atoms with Gasteiger partial charge in [0.1, 0.15) is 5.41 Å². The van der Waals surface area contributed by atoms with Crippen LogP contribution in [-0.2, 0) is 9.59 Å². The molecule has 0 aliphatic rings. The van der Waals surface area contributed by atoms with Crippen LogP contribution in [0.15, 0.2) is 46.9 Å². The van der Waals surface area contributed by atoms with Gasteiger partial charge >= 0.3 is 0 Å². The molecule has 0 aliphatic heterocycles. The standard InChI is InChI=1S/C19H21BrN2O2/c1-12-6-5-7-15(10-12)21-17(23)19(3,4)18(24)22-16-9-8-14(20)11-13(16)2/h5-11H,1-4H3,(H,21,23)(H,22,24). The maximum Gasteiger partial charge on any atom is 0.239 e. The first-order valence-electron chi connectivity index (χ1n) is 7.66. The van der Waals surface area contributed by atoms with Crippen molar-refractivity contribution in [2.24, 2.45) is 5.41 Å². The Morgan fingerprint density at radius 2 is 1.62 bits per heavy atom. The van der Waals surface area contributed by atoms with Gasteiger partial charge in [0, 0.05) is 15.8 Å². The zero-order valence-electron chi connectivity index (χ0n) is 14.2. The molecule has 0 spiro atoms. The van der Waals surface area contributed by atoms with Gasteiger partial charge in [-0.05, 0) is 69.2 Å². The molecule has 5 heteroatoms. The molecule has 24 heavy (non-hydrogen) atoms. The number of rotatable bonds is 4. The van der Waals surface area contributed by atoms with Gasteiger partial charge in [-0.2, -0.15) is 0 Å². The summed E-state index contributed by atoms with van der Waals surface area (Å²) in [5.74, 6) is -0.696. The summed E-state index contributed by atoms with van der Waals surface area (Å²) in [5, 5.41) is 5.64. The zero-order valence-corrected chi connectivity index (χ0v) is 15.8. The quantitative estimate of drug-likeness (QED) is 0.747. The summed E-state index contributed by atoms with van der Waals surface area (Å²) in [6.07, 6.45) is 0. The highest BCUT2D eigenvalue weighted by molar-refractivity contribution is 9.10. The number of aryl methyl sites for hydroxylation is 2. The minimum atomic E-state index is -1.21. The van der Waals surface area contributed by atoms with Crippen LogP contribution in [0.1, 0.15) is 25.0 Å². The van der Waals surface area contributed by atoms with Crippen LogP contribution in [0.25, 0.3) is 0 Å². The molecule has 2 aromatic rings. The van der Waals surface area contributed by atoms with Gasteiger partial charge < -0.3 is 10.6 Å². The van der Waals surface area contributed by atoms with Crippen LogP contribution in [0.2, 0.25) is 0 Å². The van der Waals surface area contributed by atoms with Gasteiger partial charge in [0.25, 0.3) is 0 Å². The number of nitrogens with one attached hydrogen (secondary N) is 2. The van der Waals surface area contributed by atoms with E-state index in [0.717, 1.165) is 15.6 Å². The van der Waals surface area contributed by atoms with Crippen molar-refractivity contribution in [3.8, 4) is 0 Å². The lowest BCUT2D eigenvalue weighted by molar-refractivity contribution is -0.135. The fourth-order valence-corrected chi connectivity index (χ4v) is 2.63. The van der Waals surface area contributed by atoms with Crippen LogP contribution in [0.5, 0.6) is 0 Å². The molecule has 0 atom stereocenters. The highest BCUT2D eigenvalue weighted by Crippen LogP contribution is 2.25. The maximum absolute atomic E-state index is 12.6. The van der Waals surface area contributed by atoms with Crippen molar-refractivity contribution < 1.29 is 9.59 Å². The average molecular weight is 389 g/mol. The van der Waals surface area contributed by atoms with E-state index in [2.05, 4.69) is 26.6 Å². The minimum Gasteiger partial charge on any atom is -0.325 e. The number of halogens is 1. The molecule has 0 heterocycles. The molecule has 2 N–H and O–H groups in total. The van der Waals surface area contributed by atoms with Crippen LogP contribution >= 0.6 is 15.9 Å². The maximum atomic E-state index is 12.6. The summed E-state index contributed by atoms with van der Waals surface area (Å²) in [7, 11) is 0. The zero-order chi connectivity index (χ0) is 17.9. The Morgan fingerprint density at radius 1 is 0.958 bits per heavy atom.